The summed E-state index contributed by atoms with van der Waals surface area (Å²) >= 11 is 0. The topological polar surface area (TPSA) is 53.9 Å². The van der Waals surface area contributed by atoms with Crippen molar-refractivity contribution >= 4 is 17.2 Å². The SMILES string of the molecule is [C-]#[N+]c1ccc(C(c2ncco2)N2CCN(c3ccc(CC(=O)C(CC)CC)cc3F)CC2)cc1. The van der Waals surface area contributed by atoms with Gasteiger partial charge in [-0.3, -0.25) is 9.69 Å². The minimum absolute atomic E-state index is 0.0417. The molecule has 1 aliphatic rings. The highest BCUT2D eigenvalue weighted by Gasteiger charge is 2.30. The first-order valence-electron chi connectivity index (χ1n) is 12.2. The van der Waals surface area contributed by atoms with Crippen LogP contribution >= 0.6 is 0 Å². The van der Waals surface area contributed by atoms with E-state index in [1.165, 1.54) is 6.07 Å². The Morgan fingerprint density at radius 2 is 1.83 bits per heavy atom. The molecule has 6 nitrogen and oxygen atoms in total. The Bertz CT molecular complexity index is 1160. The molecule has 4 rings (SSSR count). The van der Waals surface area contributed by atoms with Crippen molar-refractivity contribution in [2.45, 2.75) is 39.2 Å². The van der Waals surface area contributed by atoms with Crippen LogP contribution in [0.25, 0.3) is 4.85 Å². The third-order valence-corrected chi connectivity index (χ3v) is 6.87. The molecule has 0 N–H and O–H groups in total. The van der Waals surface area contributed by atoms with Crippen LogP contribution in [0.1, 0.15) is 49.7 Å². The lowest BCUT2D eigenvalue weighted by molar-refractivity contribution is -0.122. The van der Waals surface area contributed by atoms with Crippen molar-refractivity contribution in [3.8, 4) is 0 Å². The van der Waals surface area contributed by atoms with Gasteiger partial charge in [0, 0.05) is 38.5 Å². The molecule has 0 aliphatic carbocycles. The van der Waals surface area contributed by atoms with Crippen LogP contribution in [0, 0.1) is 18.3 Å². The second kappa shape index (κ2) is 11.3. The van der Waals surface area contributed by atoms with Gasteiger partial charge in [-0.25, -0.2) is 14.2 Å². The van der Waals surface area contributed by atoms with Crippen LogP contribution in [0.4, 0.5) is 15.8 Å². The molecule has 0 bridgehead atoms. The molecule has 0 amide bonds. The quantitative estimate of drug-likeness (QED) is 0.366. The Hall–Kier alpha value is -3.50. The van der Waals surface area contributed by atoms with Gasteiger partial charge >= 0.3 is 0 Å². The molecule has 7 heteroatoms. The van der Waals surface area contributed by atoms with Crippen molar-refractivity contribution in [3.63, 3.8) is 0 Å². The number of Topliss-reactive ketones (excluding diaryl/α,β-unsaturated/α-hetero) is 1. The smallest absolute Gasteiger partial charge is 0.215 e. The zero-order chi connectivity index (χ0) is 24.8. The second-order valence-corrected chi connectivity index (χ2v) is 8.94. The summed E-state index contributed by atoms with van der Waals surface area (Å²) in [5.41, 5.74) is 2.89. The summed E-state index contributed by atoms with van der Waals surface area (Å²) in [6.07, 6.45) is 5.12. The first-order chi connectivity index (χ1) is 17.0. The summed E-state index contributed by atoms with van der Waals surface area (Å²) in [4.78, 5) is 24.6. The lowest BCUT2D eigenvalue weighted by atomic mass is 9.93. The maximum Gasteiger partial charge on any atom is 0.215 e. The molecule has 0 radical (unpaired) electrons. The standard InChI is InChI=1S/C28H31FN4O2/c1-4-21(5-2)26(34)19-20-6-11-25(24(29)18-20)32-13-15-33(16-14-32)27(28-31-12-17-35-28)22-7-9-23(30-3)10-8-22/h6-12,17-18,21,27H,4-5,13-16,19H2,1-2H3. The molecule has 3 aromatic rings. The number of piperazine rings is 1. The fourth-order valence-electron chi connectivity index (χ4n) is 4.84. The number of hydrogen-bond donors (Lipinski definition) is 0. The number of carbonyl (C=O) groups excluding carboxylic acids is 1. The van der Waals surface area contributed by atoms with Crippen LogP contribution in [0.5, 0.6) is 0 Å². The highest BCUT2D eigenvalue weighted by molar-refractivity contribution is 5.83. The molecular weight excluding hydrogens is 443 g/mol. The summed E-state index contributed by atoms with van der Waals surface area (Å²) in [5, 5.41) is 0. The molecule has 0 spiro atoms. The second-order valence-electron chi connectivity index (χ2n) is 8.94. The van der Waals surface area contributed by atoms with E-state index in [1.54, 1.807) is 30.7 Å². The average molecular weight is 475 g/mol. The fraction of sp³-hybridized carbons (Fsp3) is 0.393. The number of anilines is 1. The van der Waals surface area contributed by atoms with E-state index in [1.807, 2.05) is 36.9 Å². The molecule has 1 aliphatic heterocycles. The van der Waals surface area contributed by atoms with Crippen molar-refractivity contribution in [2.24, 2.45) is 5.92 Å². The molecule has 35 heavy (non-hydrogen) atoms. The number of rotatable bonds is 9. The lowest BCUT2D eigenvalue weighted by Gasteiger charge is -2.39. The van der Waals surface area contributed by atoms with Gasteiger partial charge in [0.05, 0.1) is 18.5 Å². The maximum atomic E-state index is 15.0. The fourth-order valence-corrected chi connectivity index (χ4v) is 4.84. The molecule has 1 fully saturated rings. The molecule has 2 aromatic carbocycles. The van der Waals surface area contributed by atoms with Gasteiger partial charge < -0.3 is 9.32 Å². The number of benzene rings is 2. The van der Waals surface area contributed by atoms with Crippen molar-refractivity contribution < 1.29 is 13.6 Å². The largest absolute Gasteiger partial charge is 0.447 e. The Balaban J connectivity index is 1.45. The van der Waals surface area contributed by atoms with Crippen LogP contribution in [0.3, 0.4) is 0 Å². The predicted molar refractivity (Wildman–Crippen MR) is 134 cm³/mol. The van der Waals surface area contributed by atoms with E-state index in [4.69, 9.17) is 11.0 Å². The van der Waals surface area contributed by atoms with Gasteiger partial charge in [-0.2, -0.15) is 0 Å². The van der Waals surface area contributed by atoms with E-state index in [2.05, 4.69) is 14.7 Å². The highest BCUT2D eigenvalue weighted by atomic mass is 19.1. The molecule has 1 atom stereocenters. The van der Waals surface area contributed by atoms with Gasteiger partial charge in [-0.05, 0) is 36.1 Å². The summed E-state index contributed by atoms with van der Waals surface area (Å²) in [5.74, 6) is 0.539. The zero-order valence-electron chi connectivity index (χ0n) is 20.3. The first-order valence-corrected chi connectivity index (χ1v) is 12.2. The Morgan fingerprint density at radius 3 is 2.40 bits per heavy atom. The highest BCUT2D eigenvalue weighted by Crippen LogP contribution is 2.31. The van der Waals surface area contributed by atoms with Gasteiger partial charge in [-0.15, -0.1) is 0 Å². The van der Waals surface area contributed by atoms with E-state index in [0.717, 1.165) is 24.0 Å². The number of aromatic nitrogens is 1. The Morgan fingerprint density at radius 1 is 1.11 bits per heavy atom. The number of hydrogen-bond acceptors (Lipinski definition) is 5. The van der Waals surface area contributed by atoms with E-state index < -0.39 is 0 Å². The van der Waals surface area contributed by atoms with Crippen molar-refractivity contribution in [1.82, 2.24) is 9.88 Å². The molecule has 2 heterocycles. The van der Waals surface area contributed by atoms with Crippen LogP contribution in [-0.2, 0) is 11.2 Å². The summed E-state index contributed by atoms with van der Waals surface area (Å²) < 4.78 is 20.7. The molecule has 1 saturated heterocycles. The van der Waals surface area contributed by atoms with Crippen LogP contribution < -0.4 is 4.90 Å². The predicted octanol–water partition coefficient (Wildman–Crippen LogP) is 5.82. The van der Waals surface area contributed by atoms with Crippen LogP contribution in [0.2, 0.25) is 0 Å². The number of oxazole rings is 1. The van der Waals surface area contributed by atoms with Crippen LogP contribution in [-0.4, -0.2) is 41.8 Å². The van der Waals surface area contributed by atoms with Crippen molar-refractivity contribution in [2.75, 3.05) is 31.1 Å². The average Bonchev–Trinajstić information content (AvgIpc) is 3.40. The van der Waals surface area contributed by atoms with Crippen LogP contribution in [0.15, 0.2) is 59.3 Å². The van der Waals surface area contributed by atoms with Gasteiger partial charge in [0.15, 0.2) is 5.69 Å². The molecule has 0 saturated carbocycles. The molecule has 1 aromatic heterocycles. The number of ketones is 1. The minimum atomic E-state index is -0.285. The lowest BCUT2D eigenvalue weighted by Crippen LogP contribution is -2.48. The molecule has 182 valence electrons. The van der Waals surface area contributed by atoms with Gasteiger partial charge in [0.1, 0.15) is 23.9 Å². The third kappa shape index (κ3) is 5.60. The third-order valence-electron chi connectivity index (χ3n) is 6.87. The van der Waals surface area contributed by atoms with Gasteiger partial charge in [0.2, 0.25) is 5.89 Å². The monoisotopic (exact) mass is 474 g/mol. The van der Waals surface area contributed by atoms with Crippen molar-refractivity contribution in [3.05, 3.63) is 89.2 Å². The molecule has 1 unspecified atom stereocenters. The van der Waals surface area contributed by atoms with Gasteiger partial charge in [-0.1, -0.05) is 44.2 Å². The van der Waals surface area contributed by atoms with E-state index in [0.29, 0.717) is 43.4 Å². The van der Waals surface area contributed by atoms with Gasteiger partial charge in [0.25, 0.3) is 0 Å². The maximum absolute atomic E-state index is 15.0. The summed E-state index contributed by atoms with van der Waals surface area (Å²) in [6.45, 7) is 13.9. The number of nitrogens with zero attached hydrogens (tertiary/aromatic N) is 4. The molecular formula is C28H31FN4O2. The minimum Gasteiger partial charge on any atom is -0.447 e. The van der Waals surface area contributed by atoms with E-state index >= 15 is 4.39 Å². The zero-order valence-corrected chi connectivity index (χ0v) is 20.3. The number of carbonyl (C=O) groups is 1. The summed E-state index contributed by atoms with van der Waals surface area (Å²) in [6, 6.07) is 12.5. The van der Waals surface area contributed by atoms with E-state index in [-0.39, 0.29) is 30.0 Å². The normalized spacial score (nSPS) is 15.2. The van der Waals surface area contributed by atoms with E-state index in [9.17, 15) is 4.79 Å². The summed E-state index contributed by atoms with van der Waals surface area (Å²) in [7, 11) is 0. The number of halogens is 1. The Kier molecular flexibility index (Phi) is 7.94. The Labute approximate surface area is 206 Å². The van der Waals surface area contributed by atoms with Crippen molar-refractivity contribution in [1.29, 1.82) is 0 Å². The first kappa shape index (κ1) is 24.6.